The summed E-state index contributed by atoms with van der Waals surface area (Å²) in [5.74, 6) is 1.53. The molecule has 12 heavy (non-hydrogen) atoms. The molecule has 0 N–H and O–H groups in total. The van der Waals surface area contributed by atoms with Crippen LogP contribution in [0.3, 0.4) is 0 Å². The quantitative estimate of drug-likeness (QED) is 0.681. The van der Waals surface area contributed by atoms with Crippen molar-refractivity contribution in [3.05, 3.63) is 24.3 Å². The molecule has 0 saturated heterocycles. The van der Waals surface area contributed by atoms with Crippen molar-refractivity contribution >= 4 is 0 Å². The van der Waals surface area contributed by atoms with Gasteiger partial charge in [-0.25, -0.2) is 0 Å². The molecule has 0 aliphatic carbocycles. The van der Waals surface area contributed by atoms with Crippen LogP contribution in [0.25, 0.3) is 0 Å². The molecule has 0 saturated carbocycles. The summed E-state index contributed by atoms with van der Waals surface area (Å²) in [4.78, 5) is 0. The van der Waals surface area contributed by atoms with E-state index in [1.54, 1.807) is 13.2 Å². The van der Waals surface area contributed by atoms with Gasteiger partial charge in [-0.05, 0) is 24.6 Å². The third-order valence-electron chi connectivity index (χ3n) is 1.47. The summed E-state index contributed by atoms with van der Waals surface area (Å²) in [6.07, 6.45) is 1.00. The largest absolute Gasteiger partial charge is 0.493 e. The minimum absolute atomic E-state index is 0.723. The van der Waals surface area contributed by atoms with Crippen LogP contribution >= 0.6 is 0 Å². The molecule has 1 aromatic rings. The third-order valence-corrected chi connectivity index (χ3v) is 1.47. The Labute approximate surface area is 73.1 Å². The van der Waals surface area contributed by atoms with Crippen LogP contribution in [0.5, 0.6) is 11.5 Å². The standard InChI is InChI=1S/C10H13O2/c1-3-8-12-10-7-5-4-6-9(10)11-2/h5-7H,3,8H2,1-2H3. The van der Waals surface area contributed by atoms with E-state index in [1.807, 2.05) is 12.1 Å². The monoisotopic (exact) mass is 165 g/mol. The second-order valence-corrected chi connectivity index (χ2v) is 2.43. The highest BCUT2D eigenvalue weighted by atomic mass is 16.5. The minimum atomic E-state index is 0.723. The second kappa shape index (κ2) is 4.65. The molecule has 0 aliphatic heterocycles. The van der Waals surface area contributed by atoms with E-state index >= 15 is 0 Å². The molecule has 0 atom stereocenters. The van der Waals surface area contributed by atoms with Crippen molar-refractivity contribution in [2.24, 2.45) is 0 Å². The van der Waals surface area contributed by atoms with Crippen LogP contribution in [0.4, 0.5) is 0 Å². The molecule has 0 heterocycles. The van der Waals surface area contributed by atoms with Gasteiger partial charge in [0.1, 0.15) is 0 Å². The Morgan fingerprint density at radius 2 is 2.25 bits per heavy atom. The Kier molecular flexibility index (Phi) is 3.45. The zero-order chi connectivity index (χ0) is 8.81. The van der Waals surface area contributed by atoms with Crippen molar-refractivity contribution < 1.29 is 9.47 Å². The van der Waals surface area contributed by atoms with Crippen LogP contribution in [0, 0.1) is 6.07 Å². The van der Waals surface area contributed by atoms with Crippen molar-refractivity contribution in [2.45, 2.75) is 13.3 Å². The maximum atomic E-state index is 5.43. The molecule has 1 aromatic carbocycles. The molecule has 65 valence electrons. The van der Waals surface area contributed by atoms with Crippen LogP contribution in [-0.4, -0.2) is 13.7 Å². The van der Waals surface area contributed by atoms with Gasteiger partial charge in [-0.15, -0.1) is 0 Å². The molecule has 0 bridgehead atoms. The van der Waals surface area contributed by atoms with Gasteiger partial charge in [-0.1, -0.05) is 13.0 Å². The van der Waals surface area contributed by atoms with Crippen LogP contribution in [0.1, 0.15) is 13.3 Å². The van der Waals surface area contributed by atoms with Gasteiger partial charge in [-0.3, -0.25) is 0 Å². The molecule has 0 aliphatic rings. The van der Waals surface area contributed by atoms with Crippen molar-refractivity contribution in [3.63, 3.8) is 0 Å². The number of rotatable bonds is 4. The maximum absolute atomic E-state index is 5.43. The molecule has 0 unspecified atom stereocenters. The van der Waals surface area contributed by atoms with Gasteiger partial charge in [0.15, 0.2) is 11.5 Å². The average Bonchev–Trinajstić information content (AvgIpc) is 2.15. The fraction of sp³-hybridized carbons (Fsp3) is 0.400. The van der Waals surface area contributed by atoms with E-state index in [0.29, 0.717) is 0 Å². The minimum Gasteiger partial charge on any atom is -0.493 e. The van der Waals surface area contributed by atoms with Gasteiger partial charge in [0.25, 0.3) is 0 Å². The van der Waals surface area contributed by atoms with E-state index in [2.05, 4.69) is 13.0 Å². The highest BCUT2D eigenvalue weighted by Gasteiger charge is 2.00. The van der Waals surface area contributed by atoms with Crippen LogP contribution < -0.4 is 9.47 Å². The molecule has 0 fully saturated rings. The topological polar surface area (TPSA) is 18.5 Å². The molecule has 0 amide bonds. The fourth-order valence-electron chi connectivity index (χ4n) is 0.892. The summed E-state index contributed by atoms with van der Waals surface area (Å²) in [6.45, 7) is 2.79. The lowest BCUT2D eigenvalue weighted by Crippen LogP contribution is -1.97. The number of ether oxygens (including phenoxy) is 2. The van der Waals surface area contributed by atoms with E-state index in [4.69, 9.17) is 9.47 Å². The van der Waals surface area contributed by atoms with Gasteiger partial charge in [-0.2, -0.15) is 0 Å². The Balaban J connectivity index is 2.68. The van der Waals surface area contributed by atoms with E-state index in [-0.39, 0.29) is 0 Å². The van der Waals surface area contributed by atoms with Crippen LogP contribution in [0.15, 0.2) is 18.2 Å². The molecule has 0 spiro atoms. The lowest BCUT2D eigenvalue weighted by atomic mass is 10.3. The van der Waals surface area contributed by atoms with E-state index in [9.17, 15) is 0 Å². The molecular weight excluding hydrogens is 152 g/mol. The van der Waals surface area contributed by atoms with Crippen molar-refractivity contribution in [1.29, 1.82) is 0 Å². The van der Waals surface area contributed by atoms with E-state index in [1.165, 1.54) is 0 Å². The Morgan fingerprint density at radius 3 is 2.92 bits per heavy atom. The number of benzene rings is 1. The molecule has 0 aromatic heterocycles. The lowest BCUT2D eigenvalue weighted by molar-refractivity contribution is 0.294. The first kappa shape index (κ1) is 8.91. The smallest absolute Gasteiger partial charge is 0.161 e. The Morgan fingerprint density at radius 1 is 1.42 bits per heavy atom. The highest BCUT2D eigenvalue weighted by molar-refractivity contribution is 5.38. The SMILES string of the molecule is CCCOc1cc[c]cc1OC. The third kappa shape index (κ3) is 2.16. The molecule has 1 rings (SSSR count). The van der Waals surface area contributed by atoms with Gasteiger partial charge in [0.05, 0.1) is 13.7 Å². The second-order valence-electron chi connectivity index (χ2n) is 2.43. The predicted molar refractivity (Wildman–Crippen MR) is 47.6 cm³/mol. The number of methoxy groups -OCH3 is 1. The van der Waals surface area contributed by atoms with Gasteiger partial charge < -0.3 is 9.47 Å². The zero-order valence-corrected chi connectivity index (χ0v) is 7.46. The van der Waals surface area contributed by atoms with Crippen molar-refractivity contribution in [3.8, 4) is 11.5 Å². The maximum Gasteiger partial charge on any atom is 0.161 e. The highest BCUT2D eigenvalue weighted by Crippen LogP contribution is 2.25. The average molecular weight is 165 g/mol. The van der Waals surface area contributed by atoms with Gasteiger partial charge in [0, 0.05) is 0 Å². The molecule has 2 heteroatoms. The van der Waals surface area contributed by atoms with Crippen molar-refractivity contribution in [1.82, 2.24) is 0 Å². The first-order chi connectivity index (χ1) is 5.88. The van der Waals surface area contributed by atoms with Crippen LogP contribution in [0.2, 0.25) is 0 Å². The van der Waals surface area contributed by atoms with Crippen molar-refractivity contribution in [2.75, 3.05) is 13.7 Å². The Bertz CT molecular complexity index is 233. The number of hydrogen-bond acceptors (Lipinski definition) is 2. The Hall–Kier alpha value is -1.18. The van der Waals surface area contributed by atoms with Gasteiger partial charge >= 0.3 is 0 Å². The first-order valence-electron chi connectivity index (χ1n) is 4.05. The summed E-state index contributed by atoms with van der Waals surface area (Å²) >= 11 is 0. The normalized spacial score (nSPS) is 9.50. The van der Waals surface area contributed by atoms with E-state index in [0.717, 1.165) is 24.5 Å². The predicted octanol–water partition coefficient (Wildman–Crippen LogP) is 2.28. The van der Waals surface area contributed by atoms with Gasteiger partial charge in [0.2, 0.25) is 0 Å². The van der Waals surface area contributed by atoms with Crippen LogP contribution in [-0.2, 0) is 0 Å². The number of hydrogen-bond donors (Lipinski definition) is 0. The summed E-state index contributed by atoms with van der Waals surface area (Å²) in [5, 5.41) is 0. The fourth-order valence-corrected chi connectivity index (χ4v) is 0.892. The zero-order valence-electron chi connectivity index (χ0n) is 7.46. The molecule has 2 nitrogen and oxygen atoms in total. The van der Waals surface area contributed by atoms with E-state index < -0.39 is 0 Å². The lowest BCUT2D eigenvalue weighted by Gasteiger charge is -2.08. The molecular formula is C10H13O2. The summed E-state index contributed by atoms with van der Waals surface area (Å²) in [5.41, 5.74) is 0. The first-order valence-corrected chi connectivity index (χ1v) is 4.05. The summed E-state index contributed by atoms with van der Waals surface area (Å²) in [6, 6.07) is 8.36. The summed E-state index contributed by atoms with van der Waals surface area (Å²) in [7, 11) is 1.63. The summed E-state index contributed by atoms with van der Waals surface area (Å²) < 4.78 is 10.5. The molecule has 1 radical (unpaired) electrons.